The number of para-hydroxylation sites is 1. The molecule has 6 nitrogen and oxygen atoms in total. The van der Waals surface area contributed by atoms with Crippen LogP contribution in [0.5, 0.6) is 0 Å². The molecule has 5 rings (SSSR count). The molecule has 8 heteroatoms. The summed E-state index contributed by atoms with van der Waals surface area (Å²) in [5, 5.41) is 1.27. The Morgan fingerprint density at radius 2 is 1.97 bits per heavy atom. The maximum atomic E-state index is 13.6. The summed E-state index contributed by atoms with van der Waals surface area (Å²) >= 11 is 1.25. The molecule has 1 aliphatic rings. The quantitative estimate of drug-likeness (QED) is 0.337. The minimum absolute atomic E-state index is 0.0606. The van der Waals surface area contributed by atoms with Gasteiger partial charge in [0.2, 0.25) is 5.91 Å². The van der Waals surface area contributed by atoms with E-state index >= 15 is 0 Å². The van der Waals surface area contributed by atoms with Crippen LogP contribution in [0.2, 0.25) is 0 Å². The summed E-state index contributed by atoms with van der Waals surface area (Å²) in [4.78, 5) is 36.6. The zero-order chi connectivity index (χ0) is 22.9. The van der Waals surface area contributed by atoms with Gasteiger partial charge in [-0.3, -0.25) is 14.2 Å². The molecule has 2 aromatic heterocycles. The van der Waals surface area contributed by atoms with Gasteiger partial charge in [-0.2, -0.15) is 0 Å². The van der Waals surface area contributed by atoms with Crippen LogP contribution in [0.1, 0.15) is 32.6 Å². The topological polar surface area (TPSA) is 71.0 Å². The summed E-state index contributed by atoms with van der Waals surface area (Å²) in [6.45, 7) is 2.89. The largest absolute Gasteiger partial charge is 0.349 e. The lowest BCUT2D eigenvalue weighted by atomic mass is 10.0. The minimum atomic E-state index is -0.383. The molecule has 0 aliphatic carbocycles. The van der Waals surface area contributed by atoms with E-state index in [0.717, 1.165) is 43.1 Å². The van der Waals surface area contributed by atoms with Crippen molar-refractivity contribution < 1.29 is 9.18 Å². The molecular weight excluding hydrogens is 439 g/mol. The van der Waals surface area contributed by atoms with Gasteiger partial charge in [0.25, 0.3) is 5.56 Å². The monoisotopic (exact) mass is 464 g/mol. The van der Waals surface area contributed by atoms with E-state index in [1.165, 1.54) is 28.5 Å². The van der Waals surface area contributed by atoms with Crippen molar-refractivity contribution in [2.45, 2.75) is 43.8 Å². The van der Waals surface area contributed by atoms with Crippen molar-refractivity contribution in [3.05, 3.63) is 64.7 Å². The number of aromatic nitrogens is 3. The molecular formula is C25H25FN4O2S. The highest BCUT2D eigenvalue weighted by Crippen LogP contribution is 2.27. The lowest BCUT2D eigenvalue weighted by Crippen LogP contribution is -2.44. The van der Waals surface area contributed by atoms with E-state index in [1.807, 2.05) is 29.2 Å². The van der Waals surface area contributed by atoms with E-state index in [-0.39, 0.29) is 29.1 Å². The second-order valence-corrected chi connectivity index (χ2v) is 9.28. The normalized spacial score (nSPS) is 16.5. The zero-order valence-corrected chi connectivity index (χ0v) is 19.2. The summed E-state index contributed by atoms with van der Waals surface area (Å²) in [6.07, 6.45) is 4.15. The lowest BCUT2D eigenvalue weighted by Gasteiger charge is -2.35. The number of piperidine rings is 1. The number of hydrogen-bond donors (Lipinski definition) is 1. The third kappa shape index (κ3) is 4.04. The SMILES string of the molecule is CC[C@@H]1CCCCN1C(=O)CSc1nc2c([nH]c3ccccc32)c(=O)n1-c1ccc(F)cc1. The fraction of sp³-hybridized carbons (Fsp3) is 0.320. The van der Waals surface area contributed by atoms with Crippen molar-refractivity contribution in [2.75, 3.05) is 12.3 Å². The van der Waals surface area contributed by atoms with E-state index in [2.05, 4.69) is 11.9 Å². The van der Waals surface area contributed by atoms with Crippen LogP contribution in [0.3, 0.4) is 0 Å². The number of nitrogens with one attached hydrogen (secondary N) is 1. The number of fused-ring (bicyclic) bond motifs is 3. The highest BCUT2D eigenvalue weighted by molar-refractivity contribution is 7.99. The third-order valence-electron chi connectivity index (χ3n) is 6.32. The van der Waals surface area contributed by atoms with Crippen LogP contribution in [-0.2, 0) is 4.79 Å². The van der Waals surface area contributed by atoms with E-state index in [1.54, 1.807) is 12.1 Å². The van der Waals surface area contributed by atoms with Gasteiger partial charge in [0, 0.05) is 23.5 Å². The first-order chi connectivity index (χ1) is 16.1. The first-order valence-electron chi connectivity index (χ1n) is 11.3. The summed E-state index contributed by atoms with van der Waals surface area (Å²) in [7, 11) is 0. The molecule has 0 radical (unpaired) electrons. The van der Waals surface area contributed by atoms with Crippen LogP contribution in [0.25, 0.3) is 27.6 Å². The molecule has 0 spiro atoms. The highest BCUT2D eigenvalue weighted by Gasteiger charge is 2.26. The van der Waals surface area contributed by atoms with Crippen LogP contribution >= 0.6 is 11.8 Å². The Balaban J connectivity index is 1.57. The number of benzene rings is 2. The van der Waals surface area contributed by atoms with Crippen molar-refractivity contribution in [3.8, 4) is 5.69 Å². The molecule has 0 bridgehead atoms. The van der Waals surface area contributed by atoms with Gasteiger partial charge >= 0.3 is 0 Å². The number of thioether (sulfide) groups is 1. The van der Waals surface area contributed by atoms with Crippen molar-refractivity contribution in [1.29, 1.82) is 0 Å². The number of amides is 1. The lowest BCUT2D eigenvalue weighted by molar-refractivity contribution is -0.132. The Labute approximate surface area is 194 Å². The van der Waals surface area contributed by atoms with Crippen molar-refractivity contribution in [1.82, 2.24) is 19.4 Å². The van der Waals surface area contributed by atoms with Crippen LogP contribution in [0, 0.1) is 5.82 Å². The molecule has 1 atom stereocenters. The molecule has 0 saturated carbocycles. The molecule has 3 heterocycles. The molecule has 33 heavy (non-hydrogen) atoms. The molecule has 170 valence electrons. The fourth-order valence-corrected chi connectivity index (χ4v) is 5.51. The molecule has 1 saturated heterocycles. The first kappa shape index (κ1) is 21.7. The second kappa shape index (κ2) is 9.02. The summed E-state index contributed by atoms with van der Waals surface area (Å²) in [6, 6.07) is 13.6. The van der Waals surface area contributed by atoms with Gasteiger partial charge in [-0.15, -0.1) is 0 Å². The van der Waals surface area contributed by atoms with Crippen LogP contribution in [0.4, 0.5) is 4.39 Å². The van der Waals surface area contributed by atoms with Gasteiger partial charge in [0.05, 0.1) is 11.4 Å². The predicted molar refractivity (Wildman–Crippen MR) is 130 cm³/mol. The maximum absolute atomic E-state index is 13.6. The molecule has 2 aromatic carbocycles. The Bertz CT molecular complexity index is 1380. The first-order valence-corrected chi connectivity index (χ1v) is 12.3. The molecule has 0 unspecified atom stereocenters. The van der Waals surface area contributed by atoms with Gasteiger partial charge in [0.1, 0.15) is 16.9 Å². The molecule has 1 fully saturated rings. The second-order valence-electron chi connectivity index (χ2n) is 8.34. The Kier molecular flexibility index (Phi) is 5.93. The maximum Gasteiger partial charge on any atom is 0.283 e. The number of hydrogen-bond acceptors (Lipinski definition) is 4. The van der Waals surface area contributed by atoms with Gasteiger partial charge in [-0.25, -0.2) is 9.37 Å². The van der Waals surface area contributed by atoms with Gasteiger partial charge in [-0.1, -0.05) is 36.9 Å². The fourth-order valence-electron chi connectivity index (χ4n) is 4.62. The summed E-state index contributed by atoms with van der Waals surface area (Å²) < 4.78 is 15.0. The molecule has 1 amide bonds. The van der Waals surface area contributed by atoms with Crippen molar-refractivity contribution in [3.63, 3.8) is 0 Å². The van der Waals surface area contributed by atoms with E-state index in [9.17, 15) is 14.0 Å². The number of aromatic amines is 1. The molecule has 1 aliphatic heterocycles. The number of likely N-dealkylation sites (tertiary alicyclic amines) is 1. The molecule has 4 aromatic rings. The average molecular weight is 465 g/mol. The summed E-state index contributed by atoms with van der Waals surface area (Å²) in [5.41, 5.74) is 2.02. The third-order valence-corrected chi connectivity index (χ3v) is 7.25. The van der Waals surface area contributed by atoms with E-state index in [4.69, 9.17) is 4.98 Å². The zero-order valence-electron chi connectivity index (χ0n) is 18.4. The Hall–Kier alpha value is -3.13. The predicted octanol–water partition coefficient (Wildman–Crippen LogP) is 4.89. The van der Waals surface area contributed by atoms with Gasteiger partial charge in [-0.05, 0) is 56.0 Å². The number of nitrogens with zero attached hydrogens (tertiary/aromatic N) is 3. The standard InChI is InChI=1S/C25H25FN4O2S/c1-2-17-7-5-6-14-29(17)21(31)15-33-25-28-22-19-8-3-4-9-20(19)27-23(22)24(32)30(25)18-12-10-16(26)11-13-18/h3-4,8-13,17,27H,2,5-7,14-15H2,1H3/t17-/m1/s1. The van der Waals surface area contributed by atoms with E-state index in [0.29, 0.717) is 21.9 Å². The minimum Gasteiger partial charge on any atom is -0.349 e. The summed E-state index contributed by atoms with van der Waals surface area (Å²) in [5.74, 6) is -0.130. The van der Waals surface area contributed by atoms with E-state index < -0.39 is 0 Å². The van der Waals surface area contributed by atoms with Gasteiger partial charge in [0.15, 0.2) is 5.16 Å². The van der Waals surface area contributed by atoms with Crippen molar-refractivity contribution >= 4 is 39.6 Å². The number of rotatable bonds is 5. The van der Waals surface area contributed by atoms with Gasteiger partial charge < -0.3 is 9.88 Å². The Morgan fingerprint density at radius 3 is 2.76 bits per heavy atom. The van der Waals surface area contributed by atoms with Crippen molar-refractivity contribution in [2.24, 2.45) is 0 Å². The van der Waals surface area contributed by atoms with Crippen LogP contribution in [-0.4, -0.2) is 43.7 Å². The number of H-pyrrole nitrogens is 1. The number of halogens is 1. The number of carbonyl (C=O) groups is 1. The number of carbonyl (C=O) groups excluding carboxylic acids is 1. The van der Waals surface area contributed by atoms with Crippen LogP contribution in [0.15, 0.2) is 58.5 Å². The smallest absolute Gasteiger partial charge is 0.283 e. The highest BCUT2D eigenvalue weighted by atomic mass is 32.2. The molecule has 1 N–H and O–H groups in total. The Morgan fingerprint density at radius 1 is 1.18 bits per heavy atom. The van der Waals surface area contributed by atoms with Crippen LogP contribution < -0.4 is 5.56 Å². The average Bonchev–Trinajstić information content (AvgIpc) is 3.22.